The summed E-state index contributed by atoms with van der Waals surface area (Å²) in [5.74, 6) is -0.132. The van der Waals surface area contributed by atoms with Crippen LogP contribution in [0.1, 0.15) is 18.9 Å². The molecule has 0 saturated heterocycles. The number of nitrogens with zero attached hydrogens (tertiary/aromatic N) is 2. The van der Waals surface area contributed by atoms with Gasteiger partial charge in [-0.05, 0) is 42.3 Å². The van der Waals surface area contributed by atoms with Gasteiger partial charge in [0.15, 0.2) is 0 Å². The van der Waals surface area contributed by atoms with E-state index in [9.17, 15) is 18.0 Å². The number of carbonyl (C=O) groups excluding carboxylic acids is 2. The number of sulfonamides is 1. The molecule has 2 aromatic rings. The smallest absolute Gasteiger partial charge is 0.244 e. The van der Waals surface area contributed by atoms with E-state index in [1.54, 1.807) is 62.6 Å². The van der Waals surface area contributed by atoms with Crippen molar-refractivity contribution in [3.63, 3.8) is 0 Å². The number of benzene rings is 2. The summed E-state index contributed by atoms with van der Waals surface area (Å²) in [7, 11) is -0.689. The van der Waals surface area contributed by atoms with Crippen LogP contribution in [0.15, 0.2) is 53.0 Å². The molecular formula is C22H28BrN3O5S. The van der Waals surface area contributed by atoms with E-state index in [1.165, 1.54) is 11.9 Å². The molecule has 8 nitrogen and oxygen atoms in total. The molecule has 0 spiro atoms. The Morgan fingerprint density at radius 2 is 1.81 bits per heavy atom. The predicted octanol–water partition coefficient (Wildman–Crippen LogP) is 2.78. The lowest BCUT2D eigenvalue weighted by Gasteiger charge is -2.32. The number of ether oxygens (including phenoxy) is 1. The maximum Gasteiger partial charge on any atom is 0.244 e. The van der Waals surface area contributed by atoms with Gasteiger partial charge in [0.25, 0.3) is 0 Å². The fraction of sp³-hybridized carbons (Fsp3) is 0.364. The third-order valence-electron chi connectivity index (χ3n) is 4.92. The third kappa shape index (κ3) is 6.70. The summed E-state index contributed by atoms with van der Waals surface area (Å²) < 4.78 is 31.9. The monoisotopic (exact) mass is 525 g/mol. The van der Waals surface area contributed by atoms with Crippen LogP contribution in [0, 0.1) is 0 Å². The topological polar surface area (TPSA) is 96.0 Å². The second-order valence-corrected chi connectivity index (χ2v) is 9.98. The Bertz CT molecular complexity index is 1040. The summed E-state index contributed by atoms with van der Waals surface area (Å²) >= 11 is 3.33. The molecule has 10 heteroatoms. The van der Waals surface area contributed by atoms with Gasteiger partial charge in [-0.3, -0.25) is 13.9 Å². The number of nitrogens with one attached hydrogen (secondary N) is 1. The van der Waals surface area contributed by atoms with Crippen LogP contribution >= 0.6 is 15.9 Å². The molecule has 2 rings (SSSR count). The largest absolute Gasteiger partial charge is 0.497 e. The summed E-state index contributed by atoms with van der Waals surface area (Å²) in [5.41, 5.74) is 1.14. The standard InChI is InChI=1S/C22H28BrN3O5S/c1-5-20(22(28)24-2)25(14-16-9-11-19(31-3)12-10-16)21(27)15-26(32(4,29)30)18-8-6-7-17(23)13-18/h6-13,20H,5,14-15H2,1-4H3,(H,24,28). The van der Waals surface area contributed by atoms with Gasteiger partial charge in [0.2, 0.25) is 21.8 Å². The highest BCUT2D eigenvalue weighted by atomic mass is 79.9. The Balaban J connectivity index is 2.41. The molecule has 0 fully saturated rings. The van der Waals surface area contributed by atoms with E-state index in [2.05, 4.69) is 21.2 Å². The molecule has 0 aromatic heterocycles. The van der Waals surface area contributed by atoms with E-state index < -0.39 is 28.5 Å². The van der Waals surface area contributed by atoms with Crippen molar-refractivity contribution in [2.45, 2.75) is 25.9 Å². The molecule has 0 bridgehead atoms. The molecule has 0 saturated carbocycles. The Hall–Kier alpha value is -2.59. The summed E-state index contributed by atoms with van der Waals surface area (Å²) in [6, 6.07) is 13.1. The molecule has 32 heavy (non-hydrogen) atoms. The van der Waals surface area contributed by atoms with Gasteiger partial charge in [-0.1, -0.05) is 41.1 Å². The van der Waals surface area contributed by atoms with Crippen LogP contribution < -0.4 is 14.4 Å². The number of methoxy groups -OCH3 is 1. The van der Waals surface area contributed by atoms with Crippen molar-refractivity contribution in [1.29, 1.82) is 0 Å². The quantitative estimate of drug-likeness (QED) is 0.514. The minimum Gasteiger partial charge on any atom is -0.497 e. The van der Waals surface area contributed by atoms with E-state index in [-0.39, 0.29) is 12.5 Å². The number of halogens is 1. The van der Waals surface area contributed by atoms with Gasteiger partial charge >= 0.3 is 0 Å². The lowest BCUT2D eigenvalue weighted by molar-refractivity contribution is -0.140. The van der Waals surface area contributed by atoms with Gasteiger partial charge in [0, 0.05) is 18.1 Å². The average molecular weight is 526 g/mol. The highest BCUT2D eigenvalue weighted by Gasteiger charge is 2.31. The summed E-state index contributed by atoms with van der Waals surface area (Å²) in [4.78, 5) is 27.3. The summed E-state index contributed by atoms with van der Waals surface area (Å²) in [5, 5.41) is 2.59. The number of carbonyl (C=O) groups is 2. The van der Waals surface area contributed by atoms with Crippen molar-refractivity contribution in [3.05, 3.63) is 58.6 Å². The van der Waals surface area contributed by atoms with Gasteiger partial charge < -0.3 is 15.0 Å². The number of rotatable bonds is 10. The molecule has 0 aliphatic heterocycles. The van der Waals surface area contributed by atoms with Crippen LogP contribution in [0.4, 0.5) is 5.69 Å². The van der Waals surface area contributed by atoms with Gasteiger partial charge in [-0.25, -0.2) is 8.42 Å². The highest BCUT2D eigenvalue weighted by Crippen LogP contribution is 2.23. The second-order valence-electron chi connectivity index (χ2n) is 7.16. The molecule has 0 radical (unpaired) electrons. The van der Waals surface area contributed by atoms with E-state index in [0.717, 1.165) is 16.1 Å². The molecule has 0 heterocycles. The van der Waals surface area contributed by atoms with E-state index in [1.807, 2.05) is 0 Å². The Labute approximate surface area is 197 Å². The minimum atomic E-state index is -3.76. The lowest BCUT2D eigenvalue weighted by Crippen LogP contribution is -2.51. The third-order valence-corrected chi connectivity index (χ3v) is 6.55. The van der Waals surface area contributed by atoms with E-state index in [0.29, 0.717) is 22.3 Å². The van der Waals surface area contributed by atoms with Gasteiger partial charge in [-0.2, -0.15) is 0 Å². The van der Waals surface area contributed by atoms with Crippen LogP contribution in [-0.4, -0.2) is 58.1 Å². The van der Waals surface area contributed by atoms with E-state index >= 15 is 0 Å². The van der Waals surface area contributed by atoms with Crippen LogP contribution in [0.25, 0.3) is 0 Å². The first-order valence-corrected chi connectivity index (χ1v) is 12.6. The van der Waals surface area contributed by atoms with Crippen LogP contribution in [-0.2, 0) is 26.2 Å². The molecule has 1 N–H and O–H groups in total. The van der Waals surface area contributed by atoms with Crippen molar-refractivity contribution in [1.82, 2.24) is 10.2 Å². The molecule has 1 unspecified atom stereocenters. The average Bonchev–Trinajstić information content (AvgIpc) is 2.76. The number of anilines is 1. The zero-order chi connectivity index (χ0) is 23.9. The first kappa shape index (κ1) is 25.7. The first-order chi connectivity index (χ1) is 15.1. The Morgan fingerprint density at radius 3 is 2.31 bits per heavy atom. The Kier molecular flexibility index (Phi) is 9.09. The maximum atomic E-state index is 13.4. The predicted molar refractivity (Wildman–Crippen MR) is 128 cm³/mol. The SMILES string of the molecule is CCC(C(=O)NC)N(Cc1ccc(OC)cc1)C(=O)CN(c1cccc(Br)c1)S(C)(=O)=O. The first-order valence-electron chi connectivity index (χ1n) is 9.98. The maximum absolute atomic E-state index is 13.4. The lowest BCUT2D eigenvalue weighted by atomic mass is 10.1. The molecule has 2 amide bonds. The Morgan fingerprint density at radius 1 is 1.16 bits per heavy atom. The van der Waals surface area contributed by atoms with Gasteiger partial charge in [0.05, 0.1) is 19.1 Å². The molecule has 0 aliphatic carbocycles. The zero-order valence-electron chi connectivity index (χ0n) is 18.5. The molecule has 174 valence electrons. The van der Waals surface area contributed by atoms with Gasteiger partial charge in [-0.15, -0.1) is 0 Å². The van der Waals surface area contributed by atoms with Crippen LogP contribution in [0.2, 0.25) is 0 Å². The van der Waals surface area contributed by atoms with Gasteiger partial charge in [0.1, 0.15) is 18.3 Å². The molecule has 1 atom stereocenters. The zero-order valence-corrected chi connectivity index (χ0v) is 20.9. The summed E-state index contributed by atoms with van der Waals surface area (Å²) in [6.07, 6.45) is 1.42. The number of hydrogen-bond donors (Lipinski definition) is 1. The summed E-state index contributed by atoms with van der Waals surface area (Å²) in [6.45, 7) is 1.51. The fourth-order valence-electron chi connectivity index (χ4n) is 3.26. The van der Waals surface area contributed by atoms with Crippen molar-refractivity contribution in [2.24, 2.45) is 0 Å². The van der Waals surface area contributed by atoms with E-state index in [4.69, 9.17) is 4.74 Å². The van der Waals surface area contributed by atoms with Crippen molar-refractivity contribution in [2.75, 3.05) is 31.3 Å². The number of likely N-dealkylation sites (N-methyl/N-ethyl adjacent to an activating group) is 1. The van der Waals surface area contributed by atoms with Crippen LogP contribution in [0.5, 0.6) is 5.75 Å². The van der Waals surface area contributed by atoms with Crippen molar-refractivity contribution in [3.8, 4) is 5.75 Å². The second kappa shape index (κ2) is 11.3. The molecular weight excluding hydrogens is 498 g/mol. The van der Waals surface area contributed by atoms with Crippen LogP contribution in [0.3, 0.4) is 0 Å². The number of amides is 2. The molecule has 2 aromatic carbocycles. The number of hydrogen-bond acceptors (Lipinski definition) is 5. The molecule has 0 aliphatic rings. The normalized spacial score (nSPS) is 12.0. The fourth-order valence-corrected chi connectivity index (χ4v) is 4.49. The van der Waals surface area contributed by atoms with Crippen molar-refractivity contribution < 1.29 is 22.7 Å². The van der Waals surface area contributed by atoms with Crippen molar-refractivity contribution >= 4 is 43.5 Å². The minimum absolute atomic E-state index is 0.144. The highest BCUT2D eigenvalue weighted by molar-refractivity contribution is 9.10.